The van der Waals surface area contributed by atoms with E-state index in [4.69, 9.17) is 0 Å². The monoisotopic (exact) mass is 122 g/mol. The standard InChI is InChI=1S/C9H14/c1-4-7-9(6-3)8-5-2/h4,6-8H,3,5H2,1-2H3. The molecule has 0 saturated carbocycles. The van der Waals surface area contributed by atoms with Crippen LogP contribution in [0.1, 0.15) is 20.3 Å². The summed E-state index contributed by atoms with van der Waals surface area (Å²) < 4.78 is 0. The first-order valence-corrected chi connectivity index (χ1v) is 3.30. The second-order valence-electron chi connectivity index (χ2n) is 1.82. The van der Waals surface area contributed by atoms with Crippen molar-refractivity contribution in [1.82, 2.24) is 0 Å². The first kappa shape index (κ1) is 8.22. The van der Waals surface area contributed by atoms with Gasteiger partial charge in [0.05, 0.1) is 0 Å². The van der Waals surface area contributed by atoms with Gasteiger partial charge in [-0.3, -0.25) is 0 Å². The molecule has 0 aromatic rings. The van der Waals surface area contributed by atoms with Gasteiger partial charge in [0.25, 0.3) is 0 Å². The number of hydrogen-bond donors (Lipinski definition) is 0. The van der Waals surface area contributed by atoms with Crippen molar-refractivity contribution in [2.75, 3.05) is 0 Å². The van der Waals surface area contributed by atoms with Crippen LogP contribution in [-0.4, -0.2) is 0 Å². The minimum Gasteiger partial charge on any atom is -0.0985 e. The molecule has 0 bridgehead atoms. The highest BCUT2D eigenvalue weighted by Crippen LogP contribution is 1.98. The van der Waals surface area contributed by atoms with Crippen molar-refractivity contribution in [3.8, 4) is 0 Å². The fraction of sp³-hybridized carbons (Fsp3) is 0.333. The zero-order valence-electron chi connectivity index (χ0n) is 6.22. The van der Waals surface area contributed by atoms with Crippen LogP contribution in [0, 0.1) is 0 Å². The average Bonchev–Trinajstić information content (AvgIpc) is 1.88. The second-order valence-corrected chi connectivity index (χ2v) is 1.82. The summed E-state index contributed by atoms with van der Waals surface area (Å²) in [5.41, 5.74) is 1.21. The summed E-state index contributed by atoms with van der Waals surface area (Å²) in [7, 11) is 0. The van der Waals surface area contributed by atoms with Crippen LogP contribution < -0.4 is 0 Å². The molecule has 0 spiro atoms. The third kappa shape index (κ3) is 3.77. The second kappa shape index (κ2) is 5.36. The van der Waals surface area contributed by atoms with E-state index >= 15 is 0 Å². The van der Waals surface area contributed by atoms with Crippen LogP contribution in [-0.2, 0) is 0 Å². The van der Waals surface area contributed by atoms with E-state index in [9.17, 15) is 0 Å². The minimum atomic E-state index is 1.08. The van der Waals surface area contributed by atoms with Crippen LogP contribution in [0.2, 0.25) is 0 Å². The summed E-state index contributed by atoms with van der Waals surface area (Å²) in [5.74, 6) is 0. The molecule has 0 heteroatoms. The molecule has 0 amide bonds. The zero-order chi connectivity index (χ0) is 7.11. The highest BCUT2D eigenvalue weighted by molar-refractivity contribution is 5.28. The zero-order valence-corrected chi connectivity index (χ0v) is 6.22. The van der Waals surface area contributed by atoms with Crippen molar-refractivity contribution in [3.63, 3.8) is 0 Å². The Balaban J connectivity index is 3.97. The fourth-order valence-corrected chi connectivity index (χ4v) is 0.648. The first-order valence-electron chi connectivity index (χ1n) is 3.30. The lowest BCUT2D eigenvalue weighted by Gasteiger charge is -1.88. The van der Waals surface area contributed by atoms with Gasteiger partial charge < -0.3 is 0 Å². The molecule has 0 aliphatic heterocycles. The van der Waals surface area contributed by atoms with Gasteiger partial charge in [-0.1, -0.05) is 37.8 Å². The first-order chi connectivity index (χ1) is 4.35. The van der Waals surface area contributed by atoms with Gasteiger partial charge in [0, 0.05) is 0 Å². The Morgan fingerprint density at radius 1 is 1.56 bits per heavy atom. The molecule has 0 radical (unpaired) electrons. The highest BCUT2D eigenvalue weighted by Gasteiger charge is 1.78. The smallest absolute Gasteiger partial charge is 0.0306 e. The van der Waals surface area contributed by atoms with Crippen LogP contribution in [0.3, 0.4) is 0 Å². The normalized spacial score (nSPS) is 12.4. The lowest BCUT2D eigenvalue weighted by atomic mass is 10.2. The van der Waals surface area contributed by atoms with Crippen LogP contribution in [0.25, 0.3) is 0 Å². The molecular weight excluding hydrogens is 108 g/mol. The van der Waals surface area contributed by atoms with Crippen molar-refractivity contribution < 1.29 is 0 Å². The van der Waals surface area contributed by atoms with Gasteiger partial charge >= 0.3 is 0 Å². The van der Waals surface area contributed by atoms with E-state index < -0.39 is 0 Å². The molecule has 0 aliphatic carbocycles. The molecule has 0 nitrogen and oxygen atoms in total. The molecular formula is C9H14. The molecule has 9 heavy (non-hydrogen) atoms. The summed E-state index contributed by atoms with van der Waals surface area (Å²) in [6.45, 7) is 7.80. The van der Waals surface area contributed by atoms with Gasteiger partial charge in [0.15, 0.2) is 0 Å². The van der Waals surface area contributed by atoms with E-state index in [1.165, 1.54) is 5.57 Å². The predicted molar refractivity (Wildman–Crippen MR) is 43.4 cm³/mol. The molecule has 0 fully saturated rings. The molecule has 0 N–H and O–H groups in total. The van der Waals surface area contributed by atoms with Crippen molar-refractivity contribution in [1.29, 1.82) is 0 Å². The van der Waals surface area contributed by atoms with Gasteiger partial charge in [-0.25, -0.2) is 0 Å². The van der Waals surface area contributed by atoms with Gasteiger partial charge in [-0.05, 0) is 18.9 Å². The van der Waals surface area contributed by atoms with Crippen molar-refractivity contribution in [2.45, 2.75) is 20.3 Å². The van der Waals surface area contributed by atoms with Gasteiger partial charge in [-0.15, -0.1) is 0 Å². The Bertz CT molecular complexity index is 127. The van der Waals surface area contributed by atoms with Crippen LogP contribution in [0.5, 0.6) is 0 Å². The molecule has 0 heterocycles. The van der Waals surface area contributed by atoms with Crippen molar-refractivity contribution in [3.05, 3.63) is 36.5 Å². The number of allylic oxidation sites excluding steroid dienone is 5. The van der Waals surface area contributed by atoms with E-state index in [2.05, 4.69) is 25.7 Å². The minimum absolute atomic E-state index is 1.08. The third-order valence-electron chi connectivity index (χ3n) is 1.03. The maximum atomic E-state index is 3.68. The Labute approximate surface area is 57.6 Å². The predicted octanol–water partition coefficient (Wildman–Crippen LogP) is 3.08. The maximum absolute atomic E-state index is 3.68. The summed E-state index contributed by atoms with van der Waals surface area (Å²) in [5, 5.41) is 0. The molecule has 0 saturated heterocycles. The number of rotatable bonds is 3. The SMILES string of the molecule is C=CC(C=CC)=CCC. The van der Waals surface area contributed by atoms with Crippen LogP contribution >= 0.6 is 0 Å². The lowest BCUT2D eigenvalue weighted by Crippen LogP contribution is -1.67. The van der Waals surface area contributed by atoms with Crippen molar-refractivity contribution >= 4 is 0 Å². The van der Waals surface area contributed by atoms with Crippen LogP contribution in [0.15, 0.2) is 36.5 Å². The fourth-order valence-electron chi connectivity index (χ4n) is 0.648. The van der Waals surface area contributed by atoms with Gasteiger partial charge in [0.1, 0.15) is 0 Å². The molecule has 0 unspecified atom stereocenters. The molecule has 0 rings (SSSR count). The largest absolute Gasteiger partial charge is 0.0985 e. The summed E-state index contributed by atoms with van der Waals surface area (Å²) >= 11 is 0. The Morgan fingerprint density at radius 3 is 2.56 bits per heavy atom. The van der Waals surface area contributed by atoms with Gasteiger partial charge in [0.2, 0.25) is 0 Å². The topological polar surface area (TPSA) is 0 Å². The average molecular weight is 122 g/mol. The van der Waals surface area contributed by atoms with Gasteiger partial charge in [-0.2, -0.15) is 0 Å². The quantitative estimate of drug-likeness (QED) is 0.504. The van der Waals surface area contributed by atoms with Crippen LogP contribution in [0.4, 0.5) is 0 Å². The van der Waals surface area contributed by atoms with E-state index in [-0.39, 0.29) is 0 Å². The van der Waals surface area contributed by atoms with E-state index in [0.717, 1.165) is 6.42 Å². The molecule has 0 aromatic heterocycles. The van der Waals surface area contributed by atoms with E-state index in [1.807, 2.05) is 19.1 Å². The molecule has 0 aliphatic rings. The summed E-state index contributed by atoms with van der Waals surface area (Å²) in [4.78, 5) is 0. The Morgan fingerprint density at radius 2 is 2.22 bits per heavy atom. The van der Waals surface area contributed by atoms with Crippen molar-refractivity contribution in [2.24, 2.45) is 0 Å². The van der Waals surface area contributed by atoms with E-state index in [0.29, 0.717) is 0 Å². The Hall–Kier alpha value is -0.780. The third-order valence-corrected chi connectivity index (χ3v) is 1.03. The molecule has 0 aromatic carbocycles. The molecule has 50 valence electrons. The number of hydrogen-bond acceptors (Lipinski definition) is 0. The molecule has 0 atom stereocenters. The lowest BCUT2D eigenvalue weighted by molar-refractivity contribution is 1.21. The highest BCUT2D eigenvalue weighted by atomic mass is 13.8. The van der Waals surface area contributed by atoms with E-state index in [1.54, 1.807) is 0 Å². The maximum Gasteiger partial charge on any atom is -0.0306 e. The summed E-state index contributed by atoms with van der Waals surface area (Å²) in [6.07, 6.45) is 9.15. The Kier molecular flexibility index (Phi) is 4.89. The summed E-state index contributed by atoms with van der Waals surface area (Å²) in [6, 6.07) is 0.